The van der Waals surface area contributed by atoms with Gasteiger partial charge in [-0.1, -0.05) is 17.7 Å². The van der Waals surface area contributed by atoms with Gasteiger partial charge in [-0.15, -0.1) is 0 Å². The van der Waals surface area contributed by atoms with Crippen molar-refractivity contribution in [2.24, 2.45) is 0 Å². The number of amides is 2. The van der Waals surface area contributed by atoms with Crippen molar-refractivity contribution in [1.82, 2.24) is 10.2 Å². The van der Waals surface area contributed by atoms with E-state index in [9.17, 15) is 4.79 Å². The van der Waals surface area contributed by atoms with Crippen LogP contribution in [-0.4, -0.2) is 43.2 Å². The maximum atomic E-state index is 12.2. The van der Waals surface area contributed by atoms with Crippen molar-refractivity contribution >= 4 is 11.7 Å². The number of carbonyl (C=O) groups excluding carboxylic acids is 1. The fraction of sp³-hybridized carbons (Fsp3) is 0.462. The molecule has 17 heavy (non-hydrogen) atoms. The molecule has 2 saturated heterocycles. The lowest BCUT2D eigenvalue weighted by atomic mass is 10.2. The van der Waals surface area contributed by atoms with Gasteiger partial charge in [-0.05, 0) is 19.1 Å². The van der Waals surface area contributed by atoms with Gasteiger partial charge >= 0.3 is 6.03 Å². The summed E-state index contributed by atoms with van der Waals surface area (Å²) in [5.41, 5.74) is 2.23. The Morgan fingerprint density at radius 3 is 2.76 bits per heavy atom. The van der Waals surface area contributed by atoms with Crippen molar-refractivity contribution in [3.63, 3.8) is 0 Å². The molecule has 4 nitrogen and oxygen atoms in total. The second-order valence-corrected chi connectivity index (χ2v) is 4.78. The minimum absolute atomic E-state index is 0.153. The molecule has 0 bridgehead atoms. The first-order valence-corrected chi connectivity index (χ1v) is 6.11. The number of hydrogen-bond donors (Lipinski definition) is 1. The molecule has 3 rings (SSSR count). The van der Waals surface area contributed by atoms with E-state index < -0.39 is 0 Å². The molecular weight excluding hydrogens is 214 g/mol. The molecule has 2 amide bonds. The zero-order valence-corrected chi connectivity index (χ0v) is 10.0. The van der Waals surface area contributed by atoms with Crippen LogP contribution >= 0.6 is 0 Å². The minimum atomic E-state index is 0.153. The Morgan fingerprint density at radius 2 is 2.06 bits per heavy atom. The van der Waals surface area contributed by atoms with Gasteiger partial charge in [0.05, 0.1) is 6.04 Å². The largest absolute Gasteiger partial charge is 0.324 e. The molecular formula is C13H17N3O. The Morgan fingerprint density at radius 1 is 1.29 bits per heavy atom. The van der Waals surface area contributed by atoms with Crippen LogP contribution in [0.4, 0.5) is 10.5 Å². The molecule has 2 aliphatic heterocycles. The van der Waals surface area contributed by atoms with E-state index in [0.717, 1.165) is 31.9 Å². The minimum Gasteiger partial charge on any atom is -0.317 e. The van der Waals surface area contributed by atoms with Gasteiger partial charge in [0.25, 0.3) is 0 Å². The average molecular weight is 231 g/mol. The Labute approximate surface area is 101 Å². The zero-order chi connectivity index (χ0) is 11.8. The molecule has 0 aliphatic carbocycles. The number of fused-ring (bicyclic) bond motifs is 1. The van der Waals surface area contributed by atoms with Crippen LogP contribution in [0.25, 0.3) is 0 Å². The van der Waals surface area contributed by atoms with Crippen molar-refractivity contribution in [3.05, 3.63) is 29.8 Å². The third-order valence-electron chi connectivity index (χ3n) is 3.57. The summed E-state index contributed by atoms with van der Waals surface area (Å²) in [7, 11) is 0. The van der Waals surface area contributed by atoms with Gasteiger partial charge in [0.1, 0.15) is 0 Å². The van der Waals surface area contributed by atoms with Crippen LogP contribution in [-0.2, 0) is 0 Å². The summed E-state index contributed by atoms with van der Waals surface area (Å²) in [6, 6.07) is 8.65. The Balaban J connectivity index is 1.85. The highest BCUT2D eigenvalue weighted by molar-refractivity contribution is 5.94. The predicted octanol–water partition coefficient (Wildman–Crippen LogP) is 1.21. The normalized spacial score (nSPS) is 24.1. The number of piperazine rings is 1. The second kappa shape index (κ2) is 4.04. The zero-order valence-electron chi connectivity index (χ0n) is 10.0. The summed E-state index contributed by atoms with van der Waals surface area (Å²) in [6.45, 7) is 5.50. The van der Waals surface area contributed by atoms with Crippen molar-refractivity contribution in [3.8, 4) is 0 Å². The van der Waals surface area contributed by atoms with E-state index in [2.05, 4.69) is 24.4 Å². The van der Waals surface area contributed by atoms with Crippen LogP contribution in [0.2, 0.25) is 0 Å². The first-order valence-electron chi connectivity index (χ1n) is 6.11. The van der Waals surface area contributed by atoms with Crippen molar-refractivity contribution in [2.45, 2.75) is 13.0 Å². The monoisotopic (exact) mass is 231 g/mol. The molecule has 0 aromatic heterocycles. The molecule has 2 fully saturated rings. The third kappa shape index (κ3) is 1.78. The van der Waals surface area contributed by atoms with E-state index in [4.69, 9.17) is 0 Å². The van der Waals surface area contributed by atoms with Crippen molar-refractivity contribution < 1.29 is 4.79 Å². The standard InChI is InChI=1S/C13H17N3O/c1-10-2-4-11(5-3-10)16-9-12-8-14-6-7-15(12)13(16)17/h2-5,12,14H,6-9H2,1H3. The molecule has 1 N–H and O–H groups in total. The lowest BCUT2D eigenvalue weighted by Gasteiger charge is -2.28. The smallest absolute Gasteiger partial charge is 0.317 e. The SMILES string of the molecule is Cc1ccc(N2CC3CNCCN3C2=O)cc1. The fourth-order valence-corrected chi connectivity index (χ4v) is 2.56. The summed E-state index contributed by atoms with van der Waals surface area (Å²) in [5.74, 6) is 0. The lowest BCUT2D eigenvalue weighted by Crippen LogP contribution is -2.49. The van der Waals surface area contributed by atoms with Gasteiger partial charge in [0, 0.05) is 31.9 Å². The highest BCUT2D eigenvalue weighted by Crippen LogP contribution is 2.24. The predicted molar refractivity (Wildman–Crippen MR) is 67.3 cm³/mol. The van der Waals surface area contributed by atoms with Gasteiger partial charge in [-0.25, -0.2) is 4.79 Å². The molecule has 1 unspecified atom stereocenters. The molecule has 2 heterocycles. The Hall–Kier alpha value is -1.55. The quantitative estimate of drug-likeness (QED) is 0.788. The molecule has 1 aromatic rings. The summed E-state index contributed by atoms with van der Waals surface area (Å²) in [6.07, 6.45) is 0. The van der Waals surface area contributed by atoms with E-state index >= 15 is 0 Å². The average Bonchev–Trinajstić information content (AvgIpc) is 2.69. The number of hydrogen-bond acceptors (Lipinski definition) is 2. The molecule has 0 saturated carbocycles. The Bertz CT molecular complexity index is 429. The highest BCUT2D eigenvalue weighted by atomic mass is 16.2. The first kappa shape index (κ1) is 10.6. The van der Waals surface area contributed by atoms with Crippen molar-refractivity contribution in [2.75, 3.05) is 31.1 Å². The van der Waals surface area contributed by atoms with Gasteiger partial charge in [0.2, 0.25) is 0 Å². The van der Waals surface area contributed by atoms with Crippen LogP contribution < -0.4 is 10.2 Å². The maximum Gasteiger partial charge on any atom is 0.324 e. The Kier molecular flexibility index (Phi) is 2.52. The molecule has 1 atom stereocenters. The number of nitrogens with one attached hydrogen (secondary N) is 1. The van der Waals surface area contributed by atoms with E-state index in [1.807, 2.05) is 21.9 Å². The van der Waals surface area contributed by atoms with Crippen LogP contribution in [0.15, 0.2) is 24.3 Å². The number of carbonyl (C=O) groups is 1. The molecule has 90 valence electrons. The van der Waals surface area contributed by atoms with E-state index in [1.165, 1.54) is 5.56 Å². The first-order chi connectivity index (χ1) is 8.25. The van der Waals surface area contributed by atoms with Crippen LogP contribution in [0, 0.1) is 6.92 Å². The third-order valence-corrected chi connectivity index (χ3v) is 3.57. The molecule has 0 spiro atoms. The number of aryl methyl sites for hydroxylation is 1. The van der Waals surface area contributed by atoms with Crippen molar-refractivity contribution in [1.29, 1.82) is 0 Å². The maximum absolute atomic E-state index is 12.2. The fourth-order valence-electron chi connectivity index (χ4n) is 2.56. The number of rotatable bonds is 1. The summed E-state index contributed by atoms with van der Waals surface area (Å²) in [4.78, 5) is 16.1. The molecule has 0 radical (unpaired) electrons. The second-order valence-electron chi connectivity index (χ2n) is 4.78. The molecule has 1 aromatic carbocycles. The molecule has 4 heteroatoms. The van der Waals surface area contributed by atoms with Gasteiger partial charge in [-0.3, -0.25) is 4.90 Å². The summed E-state index contributed by atoms with van der Waals surface area (Å²) < 4.78 is 0. The van der Waals surface area contributed by atoms with Crippen LogP contribution in [0.3, 0.4) is 0 Å². The van der Waals surface area contributed by atoms with Crippen LogP contribution in [0.1, 0.15) is 5.56 Å². The number of benzene rings is 1. The number of urea groups is 1. The van der Waals surface area contributed by atoms with E-state index in [-0.39, 0.29) is 6.03 Å². The van der Waals surface area contributed by atoms with E-state index in [0.29, 0.717) is 6.04 Å². The van der Waals surface area contributed by atoms with Gasteiger partial charge in [-0.2, -0.15) is 0 Å². The lowest BCUT2D eigenvalue weighted by molar-refractivity contribution is 0.193. The number of nitrogens with zero attached hydrogens (tertiary/aromatic N) is 2. The highest BCUT2D eigenvalue weighted by Gasteiger charge is 2.38. The van der Waals surface area contributed by atoms with Gasteiger partial charge < -0.3 is 10.2 Å². The molecule has 2 aliphatic rings. The topological polar surface area (TPSA) is 35.6 Å². The van der Waals surface area contributed by atoms with E-state index in [1.54, 1.807) is 0 Å². The van der Waals surface area contributed by atoms with Gasteiger partial charge in [0.15, 0.2) is 0 Å². The van der Waals surface area contributed by atoms with Crippen LogP contribution in [0.5, 0.6) is 0 Å². The number of anilines is 1. The summed E-state index contributed by atoms with van der Waals surface area (Å²) in [5, 5.41) is 3.34. The summed E-state index contributed by atoms with van der Waals surface area (Å²) >= 11 is 0.